The van der Waals surface area contributed by atoms with Gasteiger partial charge < -0.3 is 14.4 Å². The van der Waals surface area contributed by atoms with Crippen LogP contribution in [0, 0.1) is 0 Å². The number of fused-ring (bicyclic) bond motifs is 1. The number of hydrogen-bond donors (Lipinski definition) is 0. The number of ether oxygens (including phenoxy) is 2. The second-order valence-corrected chi connectivity index (χ2v) is 9.27. The highest BCUT2D eigenvalue weighted by Gasteiger charge is 2.28. The van der Waals surface area contributed by atoms with Gasteiger partial charge in [0.05, 0.1) is 34.0 Å². The summed E-state index contributed by atoms with van der Waals surface area (Å²) in [5.41, 5.74) is 1.55. The molecule has 2 aromatic carbocycles. The van der Waals surface area contributed by atoms with Gasteiger partial charge in [0.1, 0.15) is 0 Å². The van der Waals surface area contributed by atoms with E-state index in [-0.39, 0.29) is 11.8 Å². The summed E-state index contributed by atoms with van der Waals surface area (Å²) in [5.74, 6) is 1.21. The van der Waals surface area contributed by atoms with Gasteiger partial charge in [0.15, 0.2) is 11.5 Å². The van der Waals surface area contributed by atoms with Crippen molar-refractivity contribution in [2.24, 2.45) is 0 Å². The van der Waals surface area contributed by atoms with Gasteiger partial charge in [0, 0.05) is 24.6 Å². The van der Waals surface area contributed by atoms with E-state index in [0.717, 1.165) is 42.8 Å². The Morgan fingerprint density at radius 2 is 2.16 bits per heavy atom. The average molecular weight is 459 g/mol. The molecule has 2 heterocycles. The standard InChI is InChI=1S/C24H27ClN2O3S/c1-3-4-12-30-22-18(25)13-17(14-20(22)29-2)24(28)27-11-7-8-16(15-27)23-26-19-9-5-6-10-21(19)31-23/h5-6,9-10,13-14,16H,3-4,7-8,11-12,15H2,1-2H3/t16-/m1/s1. The van der Waals surface area contributed by atoms with Crippen LogP contribution in [-0.2, 0) is 0 Å². The predicted octanol–water partition coefficient (Wildman–Crippen LogP) is 6.16. The van der Waals surface area contributed by atoms with Crippen molar-refractivity contribution >= 4 is 39.1 Å². The Balaban J connectivity index is 1.52. The van der Waals surface area contributed by atoms with Gasteiger partial charge in [-0.2, -0.15) is 0 Å². The number of amides is 1. The molecule has 0 radical (unpaired) electrons. The van der Waals surface area contributed by atoms with Gasteiger partial charge in [0.25, 0.3) is 5.91 Å². The predicted molar refractivity (Wildman–Crippen MR) is 126 cm³/mol. The van der Waals surface area contributed by atoms with Crippen molar-refractivity contribution in [1.82, 2.24) is 9.88 Å². The van der Waals surface area contributed by atoms with Gasteiger partial charge in [-0.05, 0) is 43.5 Å². The molecule has 0 bridgehead atoms. The summed E-state index contributed by atoms with van der Waals surface area (Å²) in [6.07, 6.45) is 3.95. The molecule has 31 heavy (non-hydrogen) atoms. The first kappa shape index (κ1) is 21.9. The van der Waals surface area contributed by atoms with Crippen molar-refractivity contribution in [3.8, 4) is 11.5 Å². The highest BCUT2D eigenvalue weighted by molar-refractivity contribution is 7.18. The van der Waals surface area contributed by atoms with Crippen LogP contribution in [0.3, 0.4) is 0 Å². The van der Waals surface area contributed by atoms with Gasteiger partial charge in [-0.15, -0.1) is 11.3 Å². The van der Waals surface area contributed by atoms with Crippen molar-refractivity contribution < 1.29 is 14.3 Å². The summed E-state index contributed by atoms with van der Waals surface area (Å²) in [7, 11) is 1.57. The minimum absolute atomic E-state index is 0.0360. The number of unbranched alkanes of at least 4 members (excludes halogenated alkanes) is 1. The molecule has 5 nitrogen and oxygen atoms in total. The van der Waals surface area contributed by atoms with Crippen LogP contribution in [-0.4, -0.2) is 42.6 Å². The number of methoxy groups -OCH3 is 1. The van der Waals surface area contributed by atoms with Gasteiger partial charge in [0.2, 0.25) is 0 Å². The van der Waals surface area contributed by atoms with E-state index in [1.54, 1.807) is 30.6 Å². The van der Waals surface area contributed by atoms with Crippen LogP contribution in [0.2, 0.25) is 5.02 Å². The summed E-state index contributed by atoms with van der Waals surface area (Å²) >= 11 is 8.19. The normalized spacial score (nSPS) is 16.5. The number of benzene rings is 2. The number of carbonyl (C=O) groups is 1. The molecule has 3 aromatic rings. The van der Waals surface area contributed by atoms with Crippen LogP contribution in [0.1, 0.15) is 53.9 Å². The zero-order valence-corrected chi connectivity index (χ0v) is 19.5. The van der Waals surface area contributed by atoms with Crippen LogP contribution in [0.15, 0.2) is 36.4 Å². The smallest absolute Gasteiger partial charge is 0.254 e. The number of carbonyl (C=O) groups excluding carboxylic acids is 1. The zero-order chi connectivity index (χ0) is 21.8. The molecule has 0 spiro atoms. The molecule has 0 aliphatic carbocycles. The molecule has 1 amide bonds. The lowest BCUT2D eigenvalue weighted by molar-refractivity contribution is 0.0706. The van der Waals surface area contributed by atoms with E-state index in [1.165, 1.54) is 4.70 Å². The number of thiazole rings is 1. The highest BCUT2D eigenvalue weighted by atomic mass is 35.5. The lowest BCUT2D eigenvalue weighted by Crippen LogP contribution is -2.39. The van der Waals surface area contributed by atoms with E-state index >= 15 is 0 Å². The minimum Gasteiger partial charge on any atom is -0.493 e. The van der Waals surface area contributed by atoms with E-state index in [9.17, 15) is 4.79 Å². The van der Waals surface area contributed by atoms with Gasteiger partial charge in [-0.25, -0.2) is 4.98 Å². The Morgan fingerprint density at radius 1 is 1.32 bits per heavy atom. The van der Waals surface area contributed by atoms with Crippen molar-refractivity contribution in [2.75, 3.05) is 26.8 Å². The van der Waals surface area contributed by atoms with Gasteiger partial charge in [-0.1, -0.05) is 37.1 Å². The van der Waals surface area contributed by atoms with Crippen molar-refractivity contribution in [1.29, 1.82) is 0 Å². The van der Waals surface area contributed by atoms with Crippen LogP contribution < -0.4 is 9.47 Å². The van der Waals surface area contributed by atoms with E-state index in [1.807, 2.05) is 23.1 Å². The molecule has 1 aliphatic rings. The number of likely N-dealkylation sites (tertiary alicyclic amines) is 1. The van der Waals surface area contributed by atoms with Crippen molar-refractivity contribution in [3.63, 3.8) is 0 Å². The third-order valence-electron chi connectivity index (χ3n) is 5.59. The number of piperidine rings is 1. The third-order valence-corrected chi connectivity index (χ3v) is 7.07. The number of nitrogens with zero attached hydrogens (tertiary/aromatic N) is 2. The molecule has 1 aliphatic heterocycles. The molecule has 7 heteroatoms. The van der Waals surface area contributed by atoms with E-state index in [0.29, 0.717) is 35.2 Å². The monoisotopic (exact) mass is 458 g/mol. The molecule has 1 fully saturated rings. The topological polar surface area (TPSA) is 51.7 Å². The fourth-order valence-corrected chi connectivity index (χ4v) is 5.27. The number of halogens is 1. The maximum absolute atomic E-state index is 13.3. The lowest BCUT2D eigenvalue weighted by atomic mass is 9.98. The number of rotatable bonds is 7. The lowest BCUT2D eigenvalue weighted by Gasteiger charge is -2.32. The summed E-state index contributed by atoms with van der Waals surface area (Å²) in [5, 5.41) is 1.51. The number of hydrogen-bond acceptors (Lipinski definition) is 5. The Bertz CT molecular complexity index is 1040. The van der Waals surface area contributed by atoms with Crippen LogP contribution in [0.5, 0.6) is 11.5 Å². The Labute approximate surface area is 191 Å². The molecule has 0 N–H and O–H groups in total. The summed E-state index contributed by atoms with van der Waals surface area (Å²) < 4.78 is 12.5. The average Bonchev–Trinajstić information content (AvgIpc) is 3.24. The first-order valence-corrected chi connectivity index (χ1v) is 11.9. The second kappa shape index (κ2) is 9.88. The van der Waals surface area contributed by atoms with Gasteiger partial charge in [-0.3, -0.25) is 4.79 Å². The van der Waals surface area contributed by atoms with E-state index in [4.69, 9.17) is 26.1 Å². The summed E-state index contributed by atoms with van der Waals surface area (Å²) in [6, 6.07) is 11.6. The molecular formula is C24H27ClN2O3S. The molecule has 1 saturated heterocycles. The largest absolute Gasteiger partial charge is 0.493 e. The highest BCUT2D eigenvalue weighted by Crippen LogP contribution is 2.38. The minimum atomic E-state index is -0.0360. The first-order chi connectivity index (χ1) is 15.1. The maximum Gasteiger partial charge on any atom is 0.254 e. The summed E-state index contributed by atoms with van der Waals surface area (Å²) in [4.78, 5) is 20.0. The Morgan fingerprint density at radius 3 is 2.94 bits per heavy atom. The Kier molecular flexibility index (Phi) is 6.98. The first-order valence-electron chi connectivity index (χ1n) is 10.8. The van der Waals surface area contributed by atoms with E-state index in [2.05, 4.69) is 13.0 Å². The molecule has 1 atom stereocenters. The summed E-state index contributed by atoms with van der Waals surface area (Å²) in [6.45, 7) is 4.06. The van der Waals surface area contributed by atoms with Crippen LogP contribution >= 0.6 is 22.9 Å². The van der Waals surface area contributed by atoms with Crippen LogP contribution in [0.25, 0.3) is 10.2 Å². The van der Waals surface area contributed by atoms with E-state index < -0.39 is 0 Å². The molecule has 164 valence electrons. The quantitative estimate of drug-likeness (QED) is 0.398. The zero-order valence-electron chi connectivity index (χ0n) is 17.9. The second-order valence-electron chi connectivity index (χ2n) is 7.80. The fraction of sp³-hybridized carbons (Fsp3) is 0.417. The number of aromatic nitrogens is 1. The molecular weight excluding hydrogens is 432 g/mol. The maximum atomic E-state index is 13.3. The Hall–Kier alpha value is -2.31. The molecule has 0 saturated carbocycles. The SMILES string of the molecule is CCCCOc1c(Cl)cc(C(=O)N2CCC[C@@H](c3nc4ccccc4s3)C2)cc1OC. The number of para-hydroxylation sites is 1. The van der Waals surface area contributed by atoms with Crippen molar-refractivity contribution in [2.45, 2.75) is 38.5 Å². The molecule has 0 unspecified atom stereocenters. The van der Waals surface area contributed by atoms with Crippen LogP contribution in [0.4, 0.5) is 0 Å². The van der Waals surface area contributed by atoms with Crippen molar-refractivity contribution in [3.05, 3.63) is 52.0 Å². The molecule has 4 rings (SSSR count). The molecule has 1 aromatic heterocycles. The van der Waals surface area contributed by atoms with Gasteiger partial charge >= 0.3 is 0 Å². The fourth-order valence-electron chi connectivity index (χ4n) is 3.91. The third kappa shape index (κ3) is 4.80.